The molecule has 1 aromatic carbocycles. The lowest BCUT2D eigenvalue weighted by atomic mass is 9.95. The van der Waals surface area contributed by atoms with E-state index in [0.717, 1.165) is 37.6 Å². The molecule has 0 bridgehead atoms. The maximum absolute atomic E-state index is 12.4. The van der Waals surface area contributed by atoms with E-state index in [1.54, 1.807) is 13.3 Å². The monoisotopic (exact) mass is 395 g/mol. The zero-order valence-electron chi connectivity index (χ0n) is 17.6. The summed E-state index contributed by atoms with van der Waals surface area (Å²) in [6, 6.07) is 12.5. The summed E-state index contributed by atoms with van der Waals surface area (Å²) in [5.74, 6) is 1.77. The standard InChI is InChI=1S/C24H33N3O2/c1-19-12-15-27(16-13-19)23(21-8-10-22(29-2)11-9-21)18-26-24(28)7-3-5-20-6-4-14-25-17-20/h4,6,8-11,14,17,19,23H,3,5,7,12-13,15-16,18H2,1-2H3,(H,26,28). The van der Waals surface area contributed by atoms with Crippen LogP contribution in [-0.4, -0.2) is 42.5 Å². The zero-order valence-corrected chi connectivity index (χ0v) is 17.6. The summed E-state index contributed by atoms with van der Waals surface area (Å²) in [6.45, 7) is 5.12. The molecule has 156 valence electrons. The smallest absolute Gasteiger partial charge is 0.220 e. The molecule has 5 heteroatoms. The van der Waals surface area contributed by atoms with Crippen LogP contribution < -0.4 is 10.1 Å². The molecule has 1 fully saturated rings. The molecule has 1 aromatic heterocycles. The van der Waals surface area contributed by atoms with Gasteiger partial charge in [-0.25, -0.2) is 0 Å². The molecule has 0 radical (unpaired) electrons. The molecule has 1 atom stereocenters. The Labute approximate surface area is 174 Å². The summed E-state index contributed by atoms with van der Waals surface area (Å²) in [4.78, 5) is 19.1. The van der Waals surface area contributed by atoms with E-state index in [9.17, 15) is 4.79 Å². The van der Waals surface area contributed by atoms with Crippen LogP contribution in [0.15, 0.2) is 48.8 Å². The van der Waals surface area contributed by atoms with E-state index in [0.29, 0.717) is 13.0 Å². The van der Waals surface area contributed by atoms with Crippen LogP contribution in [-0.2, 0) is 11.2 Å². The van der Waals surface area contributed by atoms with Gasteiger partial charge in [-0.2, -0.15) is 0 Å². The number of rotatable bonds is 9. The highest BCUT2D eigenvalue weighted by Gasteiger charge is 2.25. The Hall–Kier alpha value is -2.40. The van der Waals surface area contributed by atoms with Crippen molar-refractivity contribution in [2.45, 2.75) is 45.1 Å². The van der Waals surface area contributed by atoms with Gasteiger partial charge in [-0.3, -0.25) is 14.7 Å². The van der Waals surface area contributed by atoms with Crippen molar-refractivity contribution < 1.29 is 9.53 Å². The second-order valence-electron chi connectivity index (χ2n) is 8.03. The maximum atomic E-state index is 12.4. The highest BCUT2D eigenvalue weighted by molar-refractivity contribution is 5.75. The second kappa shape index (κ2) is 11.0. The molecule has 1 N–H and O–H groups in total. The van der Waals surface area contributed by atoms with Crippen molar-refractivity contribution in [3.63, 3.8) is 0 Å². The lowest BCUT2D eigenvalue weighted by Gasteiger charge is -2.37. The first-order valence-corrected chi connectivity index (χ1v) is 10.7. The van der Waals surface area contributed by atoms with Crippen LogP contribution in [0.2, 0.25) is 0 Å². The number of ether oxygens (including phenoxy) is 1. The van der Waals surface area contributed by atoms with Gasteiger partial charge >= 0.3 is 0 Å². The summed E-state index contributed by atoms with van der Waals surface area (Å²) in [5, 5.41) is 3.18. The topological polar surface area (TPSA) is 54.5 Å². The van der Waals surface area contributed by atoms with Crippen LogP contribution >= 0.6 is 0 Å². The largest absolute Gasteiger partial charge is 0.497 e. The van der Waals surface area contributed by atoms with E-state index < -0.39 is 0 Å². The van der Waals surface area contributed by atoms with Gasteiger partial charge in [0.05, 0.1) is 13.2 Å². The number of methoxy groups -OCH3 is 1. The van der Waals surface area contributed by atoms with Crippen LogP contribution in [0.1, 0.15) is 49.8 Å². The minimum atomic E-state index is 0.123. The zero-order chi connectivity index (χ0) is 20.5. The normalized spacial score (nSPS) is 16.3. The number of aromatic nitrogens is 1. The molecule has 0 saturated carbocycles. The first kappa shape index (κ1) is 21.3. The molecule has 1 unspecified atom stereocenters. The molecule has 29 heavy (non-hydrogen) atoms. The van der Waals surface area contributed by atoms with E-state index in [4.69, 9.17) is 4.74 Å². The molecular formula is C24H33N3O2. The fraction of sp³-hybridized carbons (Fsp3) is 0.500. The predicted molar refractivity (Wildman–Crippen MR) is 116 cm³/mol. The number of benzene rings is 1. The second-order valence-corrected chi connectivity index (χ2v) is 8.03. The van der Waals surface area contributed by atoms with Gasteiger partial charge in [0.25, 0.3) is 0 Å². The third-order valence-electron chi connectivity index (χ3n) is 5.84. The van der Waals surface area contributed by atoms with Crippen molar-refractivity contribution in [2.75, 3.05) is 26.7 Å². The van der Waals surface area contributed by atoms with E-state index in [1.165, 1.54) is 24.0 Å². The molecular weight excluding hydrogens is 362 g/mol. The Bertz CT molecular complexity index is 740. The van der Waals surface area contributed by atoms with Crippen LogP contribution in [0.4, 0.5) is 0 Å². The van der Waals surface area contributed by atoms with E-state index >= 15 is 0 Å². The first-order valence-electron chi connectivity index (χ1n) is 10.7. The molecule has 1 saturated heterocycles. The van der Waals surface area contributed by atoms with Gasteiger partial charge in [0.1, 0.15) is 5.75 Å². The summed E-state index contributed by atoms with van der Waals surface area (Å²) < 4.78 is 5.30. The molecule has 0 spiro atoms. The van der Waals surface area contributed by atoms with Gasteiger partial charge in [-0.1, -0.05) is 25.1 Å². The average Bonchev–Trinajstić information content (AvgIpc) is 2.76. The highest BCUT2D eigenvalue weighted by Crippen LogP contribution is 2.27. The number of carbonyl (C=O) groups is 1. The number of pyridine rings is 1. The van der Waals surface area contributed by atoms with Crippen LogP contribution in [0, 0.1) is 5.92 Å². The Morgan fingerprint density at radius 1 is 1.24 bits per heavy atom. The number of amides is 1. The summed E-state index contributed by atoms with van der Waals surface area (Å²) in [6.07, 6.45) is 8.34. The molecule has 1 aliphatic heterocycles. The molecule has 1 amide bonds. The van der Waals surface area contributed by atoms with Crippen molar-refractivity contribution in [2.24, 2.45) is 5.92 Å². The minimum Gasteiger partial charge on any atom is -0.497 e. The third-order valence-corrected chi connectivity index (χ3v) is 5.84. The molecule has 5 nitrogen and oxygen atoms in total. The molecule has 3 rings (SSSR count). The van der Waals surface area contributed by atoms with Gasteiger partial charge in [-0.05, 0) is 74.0 Å². The lowest BCUT2D eigenvalue weighted by molar-refractivity contribution is -0.121. The van der Waals surface area contributed by atoms with Gasteiger partial charge in [0, 0.05) is 25.4 Å². The average molecular weight is 396 g/mol. The van der Waals surface area contributed by atoms with Crippen LogP contribution in [0.3, 0.4) is 0 Å². The third kappa shape index (κ3) is 6.57. The van der Waals surface area contributed by atoms with Crippen LogP contribution in [0.5, 0.6) is 5.75 Å². The highest BCUT2D eigenvalue weighted by atomic mass is 16.5. The summed E-state index contributed by atoms with van der Waals surface area (Å²) in [5.41, 5.74) is 2.41. The molecule has 0 aliphatic carbocycles. The number of hydrogen-bond donors (Lipinski definition) is 1. The maximum Gasteiger partial charge on any atom is 0.220 e. The number of hydrogen-bond acceptors (Lipinski definition) is 4. The number of aryl methyl sites for hydroxylation is 1. The van der Waals surface area contributed by atoms with Crippen molar-refractivity contribution in [1.29, 1.82) is 0 Å². The van der Waals surface area contributed by atoms with Crippen molar-refractivity contribution in [3.05, 3.63) is 59.9 Å². The fourth-order valence-corrected chi connectivity index (χ4v) is 3.92. The van der Waals surface area contributed by atoms with Gasteiger partial charge in [0.2, 0.25) is 5.91 Å². The van der Waals surface area contributed by atoms with Crippen molar-refractivity contribution in [1.82, 2.24) is 15.2 Å². The van der Waals surface area contributed by atoms with E-state index in [-0.39, 0.29) is 11.9 Å². The first-order chi connectivity index (χ1) is 14.2. The SMILES string of the molecule is COc1ccc(C(CNC(=O)CCCc2cccnc2)N2CCC(C)CC2)cc1. The molecule has 1 aliphatic rings. The fourth-order valence-electron chi connectivity index (χ4n) is 3.92. The Kier molecular flexibility index (Phi) is 8.05. The number of nitrogens with one attached hydrogen (secondary N) is 1. The van der Waals surface area contributed by atoms with Crippen molar-refractivity contribution in [3.8, 4) is 5.75 Å². The number of piperidine rings is 1. The quantitative estimate of drug-likeness (QED) is 0.697. The Morgan fingerprint density at radius 2 is 2.00 bits per heavy atom. The summed E-state index contributed by atoms with van der Waals surface area (Å²) in [7, 11) is 1.68. The van der Waals surface area contributed by atoms with Crippen molar-refractivity contribution >= 4 is 5.91 Å². The number of likely N-dealkylation sites (tertiary alicyclic amines) is 1. The van der Waals surface area contributed by atoms with E-state index in [1.807, 2.05) is 24.4 Å². The summed E-state index contributed by atoms with van der Waals surface area (Å²) >= 11 is 0. The van der Waals surface area contributed by atoms with E-state index in [2.05, 4.69) is 40.3 Å². The number of nitrogens with zero attached hydrogens (tertiary/aromatic N) is 2. The predicted octanol–water partition coefficient (Wildman–Crippen LogP) is 4.00. The molecule has 2 aromatic rings. The van der Waals surface area contributed by atoms with Gasteiger partial charge in [0.15, 0.2) is 0 Å². The number of carbonyl (C=O) groups excluding carboxylic acids is 1. The Balaban J connectivity index is 1.55. The van der Waals surface area contributed by atoms with Gasteiger partial charge < -0.3 is 10.1 Å². The van der Waals surface area contributed by atoms with Crippen LogP contribution in [0.25, 0.3) is 0 Å². The lowest BCUT2D eigenvalue weighted by Crippen LogP contribution is -2.41. The van der Waals surface area contributed by atoms with Gasteiger partial charge in [-0.15, -0.1) is 0 Å². The minimum absolute atomic E-state index is 0.123. The Morgan fingerprint density at radius 3 is 2.66 bits per heavy atom. The molecule has 2 heterocycles.